The van der Waals surface area contributed by atoms with Gasteiger partial charge in [-0.25, -0.2) is 4.98 Å². The van der Waals surface area contributed by atoms with E-state index in [2.05, 4.69) is 10.4 Å². The van der Waals surface area contributed by atoms with Crippen molar-refractivity contribution in [2.24, 2.45) is 5.92 Å². The van der Waals surface area contributed by atoms with Crippen LogP contribution >= 0.6 is 11.6 Å². The van der Waals surface area contributed by atoms with Gasteiger partial charge in [-0.3, -0.25) is 4.79 Å². The van der Waals surface area contributed by atoms with E-state index in [1.165, 1.54) is 0 Å². The van der Waals surface area contributed by atoms with Crippen LogP contribution in [0, 0.1) is 5.92 Å². The van der Waals surface area contributed by atoms with Gasteiger partial charge >= 0.3 is 0 Å². The molecule has 2 aromatic carbocycles. The summed E-state index contributed by atoms with van der Waals surface area (Å²) >= 11 is 6.47. The zero-order chi connectivity index (χ0) is 25.4. The van der Waals surface area contributed by atoms with E-state index in [9.17, 15) is 4.79 Å². The lowest BCUT2D eigenvalue weighted by atomic mass is 9.97. The van der Waals surface area contributed by atoms with Gasteiger partial charge in [0.15, 0.2) is 17.1 Å². The predicted octanol–water partition coefficient (Wildman–Crippen LogP) is 2.93. The molecule has 8 nitrogen and oxygen atoms in total. The standard InChI is InChI=1S/C27H27BClN5O3/c28-20-14-31-34-25(12-22(32-27(20)34)19-5-1-2-6-21(19)29)30-13-18-4-3-9-33(15-18)26(35)11-17-7-8-23-24(10-17)37-16-36-23/h1-2,5-8,10,12,14,18,30H,3-4,9,11,13,15-16,28H2. The van der Waals surface area contributed by atoms with E-state index in [0.29, 0.717) is 23.1 Å². The molecule has 0 bridgehead atoms. The molecule has 37 heavy (non-hydrogen) atoms. The number of carbonyl (C=O) groups excluding carboxylic acids is 1. The van der Waals surface area contributed by atoms with Gasteiger partial charge in [0.25, 0.3) is 0 Å². The number of nitrogens with zero attached hydrogens (tertiary/aromatic N) is 4. The van der Waals surface area contributed by atoms with Crippen LogP contribution in [0.3, 0.4) is 0 Å². The number of benzene rings is 2. The van der Waals surface area contributed by atoms with Gasteiger partial charge in [0.05, 0.1) is 12.1 Å². The maximum atomic E-state index is 13.1. The number of rotatable bonds is 6. The molecule has 2 aliphatic heterocycles. The van der Waals surface area contributed by atoms with Crippen molar-refractivity contribution < 1.29 is 14.3 Å². The van der Waals surface area contributed by atoms with Crippen molar-refractivity contribution in [3.05, 3.63) is 65.3 Å². The van der Waals surface area contributed by atoms with Gasteiger partial charge in [-0.1, -0.05) is 35.9 Å². The number of likely N-dealkylation sites (tertiary alicyclic amines) is 1. The molecule has 0 spiro atoms. The number of nitrogens with one attached hydrogen (secondary N) is 1. The van der Waals surface area contributed by atoms with Crippen molar-refractivity contribution in [3.8, 4) is 22.8 Å². The first-order valence-electron chi connectivity index (χ1n) is 12.6. The van der Waals surface area contributed by atoms with Crippen molar-refractivity contribution in [3.63, 3.8) is 0 Å². The highest BCUT2D eigenvalue weighted by atomic mass is 35.5. The van der Waals surface area contributed by atoms with Crippen molar-refractivity contribution in [1.82, 2.24) is 19.5 Å². The molecule has 2 aromatic heterocycles. The number of anilines is 1. The summed E-state index contributed by atoms with van der Waals surface area (Å²) in [5.41, 5.74) is 4.41. The van der Waals surface area contributed by atoms with Gasteiger partial charge in [-0.15, -0.1) is 0 Å². The first-order chi connectivity index (χ1) is 18.0. The summed E-state index contributed by atoms with van der Waals surface area (Å²) in [6.45, 7) is 2.47. The molecule has 1 N–H and O–H groups in total. The summed E-state index contributed by atoms with van der Waals surface area (Å²) in [5, 5.41) is 8.77. The van der Waals surface area contributed by atoms with Crippen molar-refractivity contribution in [2.45, 2.75) is 19.3 Å². The summed E-state index contributed by atoms with van der Waals surface area (Å²) in [4.78, 5) is 19.9. The highest BCUT2D eigenvalue weighted by Gasteiger charge is 2.25. The second-order valence-corrected chi connectivity index (χ2v) is 10.1. The monoisotopic (exact) mass is 515 g/mol. The average Bonchev–Trinajstić information content (AvgIpc) is 3.54. The number of ether oxygens (including phenoxy) is 2. The molecule has 0 aliphatic carbocycles. The topological polar surface area (TPSA) is 81.0 Å². The molecule has 1 saturated heterocycles. The fourth-order valence-electron chi connectivity index (χ4n) is 5.05. The normalized spacial score (nSPS) is 16.8. The van der Waals surface area contributed by atoms with Gasteiger partial charge in [0.1, 0.15) is 13.7 Å². The first-order valence-corrected chi connectivity index (χ1v) is 12.9. The molecular formula is C27H27BClN5O3. The highest BCUT2D eigenvalue weighted by molar-refractivity contribution is 6.36. The second kappa shape index (κ2) is 9.97. The number of halogens is 1. The Kier molecular flexibility index (Phi) is 6.38. The third-order valence-electron chi connectivity index (χ3n) is 7.03. The zero-order valence-electron chi connectivity index (χ0n) is 20.6. The van der Waals surface area contributed by atoms with Gasteiger partial charge < -0.3 is 19.7 Å². The number of carbonyl (C=O) groups is 1. The molecule has 1 unspecified atom stereocenters. The van der Waals surface area contributed by atoms with E-state index in [1.807, 2.05) is 72.0 Å². The predicted molar refractivity (Wildman–Crippen MR) is 146 cm³/mol. The molecule has 6 rings (SSSR count). The maximum absolute atomic E-state index is 13.1. The highest BCUT2D eigenvalue weighted by Crippen LogP contribution is 2.33. The summed E-state index contributed by atoms with van der Waals surface area (Å²) in [6.07, 6.45) is 4.22. The van der Waals surface area contributed by atoms with Crippen molar-refractivity contribution in [1.29, 1.82) is 0 Å². The molecule has 1 amide bonds. The molecule has 188 valence electrons. The summed E-state index contributed by atoms with van der Waals surface area (Å²) in [6, 6.07) is 15.4. The number of amides is 1. The molecule has 4 heterocycles. The van der Waals surface area contributed by atoms with Crippen LogP contribution in [0.1, 0.15) is 18.4 Å². The molecule has 1 fully saturated rings. The number of hydrogen-bond acceptors (Lipinski definition) is 6. The molecular weight excluding hydrogens is 489 g/mol. The summed E-state index contributed by atoms with van der Waals surface area (Å²) in [7, 11) is 2.00. The Hall–Kier alpha value is -3.72. The summed E-state index contributed by atoms with van der Waals surface area (Å²) in [5.74, 6) is 2.77. The van der Waals surface area contributed by atoms with Gasteiger partial charge in [-0.2, -0.15) is 9.61 Å². The number of aromatic nitrogens is 3. The third-order valence-corrected chi connectivity index (χ3v) is 7.36. The molecule has 2 aliphatic rings. The largest absolute Gasteiger partial charge is 0.454 e. The van der Waals surface area contributed by atoms with Crippen LogP contribution in [0.25, 0.3) is 16.9 Å². The fraction of sp³-hybridized carbons (Fsp3) is 0.296. The van der Waals surface area contributed by atoms with Crippen molar-refractivity contribution >= 4 is 42.3 Å². The van der Waals surface area contributed by atoms with Gasteiger partial charge in [0.2, 0.25) is 12.7 Å². The lowest BCUT2D eigenvalue weighted by Gasteiger charge is -2.33. The Morgan fingerprint density at radius 3 is 2.92 bits per heavy atom. The number of hydrogen-bond donors (Lipinski definition) is 1. The Balaban J connectivity index is 1.15. The van der Waals surface area contributed by atoms with Crippen LogP contribution in [-0.2, 0) is 11.2 Å². The smallest absolute Gasteiger partial charge is 0.231 e. The Bertz CT molecular complexity index is 1480. The molecule has 0 saturated carbocycles. The minimum atomic E-state index is 0.138. The van der Waals surface area contributed by atoms with Gasteiger partial charge in [-0.05, 0) is 48.0 Å². The molecule has 10 heteroatoms. The van der Waals surface area contributed by atoms with Gasteiger partial charge in [0, 0.05) is 42.5 Å². The van der Waals surface area contributed by atoms with E-state index in [-0.39, 0.29) is 12.7 Å². The first kappa shape index (κ1) is 23.7. The van der Waals surface area contributed by atoms with Crippen molar-refractivity contribution in [2.75, 3.05) is 31.7 Å². The van der Waals surface area contributed by atoms with Crippen LogP contribution in [0.4, 0.5) is 5.82 Å². The van der Waals surface area contributed by atoms with E-state index in [4.69, 9.17) is 26.1 Å². The number of fused-ring (bicyclic) bond motifs is 2. The number of piperidine rings is 1. The Morgan fingerprint density at radius 1 is 1.16 bits per heavy atom. The van der Waals surface area contributed by atoms with E-state index < -0.39 is 0 Å². The van der Waals surface area contributed by atoms with E-state index in [0.717, 1.165) is 72.0 Å². The Labute approximate surface area is 220 Å². The molecule has 1 atom stereocenters. The quantitative estimate of drug-likeness (QED) is 0.398. The zero-order valence-corrected chi connectivity index (χ0v) is 21.4. The van der Waals surface area contributed by atoms with E-state index >= 15 is 0 Å². The minimum Gasteiger partial charge on any atom is -0.454 e. The van der Waals surface area contributed by atoms with Crippen LogP contribution in [0.2, 0.25) is 5.02 Å². The fourth-order valence-corrected chi connectivity index (χ4v) is 5.28. The van der Waals surface area contributed by atoms with Crippen LogP contribution < -0.4 is 20.3 Å². The lowest BCUT2D eigenvalue weighted by molar-refractivity contribution is -0.132. The van der Waals surface area contributed by atoms with Crippen LogP contribution in [0.15, 0.2) is 54.7 Å². The summed E-state index contributed by atoms with van der Waals surface area (Å²) < 4.78 is 12.7. The molecule has 4 aromatic rings. The second-order valence-electron chi connectivity index (χ2n) is 9.66. The van der Waals surface area contributed by atoms with Crippen LogP contribution in [-0.4, -0.2) is 59.7 Å². The maximum Gasteiger partial charge on any atom is 0.231 e. The minimum absolute atomic E-state index is 0.138. The average molecular weight is 516 g/mol. The van der Waals surface area contributed by atoms with E-state index in [1.54, 1.807) is 0 Å². The van der Waals surface area contributed by atoms with Crippen LogP contribution in [0.5, 0.6) is 11.5 Å². The SMILES string of the molecule is Bc1cnn2c(NCC3CCCN(C(=O)Cc4ccc5c(c4)OCO5)C3)cc(-c3ccccc3Cl)nc12. The molecule has 0 radical (unpaired) electrons. The third kappa shape index (κ3) is 4.83. The Morgan fingerprint density at radius 2 is 2.03 bits per heavy atom. The lowest BCUT2D eigenvalue weighted by Crippen LogP contribution is -2.42.